The number of aliphatic imine (C=N–C) groups is 1. The first-order valence-corrected chi connectivity index (χ1v) is 6.66. The highest BCUT2D eigenvalue weighted by atomic mass is 19.4. The number of amides is 1. The Balaban J connectivity index is 1.84. The number of hydrogen-bond donors (Lipinski definition) is 0. The van der Waals surface area contributed by atoms with Crippen molar-refractivity contribution in [3.8, 4) is 0 Å². The minimum Gasteiger partial charge on any atom is -0.855 e. The summed E-state index contributed by atoms with van der Waals surface area (Å²) in [6.45, 7) is 0. The zero-order valence-electron chi connectivity index (χ0n) is 10.4. The van der Waals surface area contributed by atoms with Crippen LogP contribution in [-0.4, -0.2) is 18.0 Å². The topological polar surface area (TPSA) is 52.5 Å². The molecule has 4 rings (SSSR count). The molecule has 1 amide bonds. The van der Waals surface area contributed by atoms with Crippen LogP contribution in [0.5, 0.6) is 0 Å². The first-order valence-electron chi connectivity index (χ1n) is 6.66. The third-order valence-corrected chi connectivity index (χ3v) is 4.94. The van der Waals surface area contributed by atoms with Crippen molar-refractivity contribution in [2.24, 2.45) is 28.2 Å². The molecule has 0 aromatic heterocycles. The lowest BCUT2D eigenvalue weighted by molar-refractivity contribution is -0.262. The molecule has 0 aliphatic heterocycles. The van der Waals surface area contributed by atoms with Crippen molar-refractivity contribution < 1.29 is 23.1 Å². The van der Waals surface area contributed by atoms with E-state index in [4.69, 9.17) is 0 Å². The Morgan fingerprint density at radius 2 is 1.47 bits per heavy atom. The van der Waals surface area contributed by atoms with Gasteiger partial charge in [-0.25, -0.2) is 4.99 Å². The van der Waals surface area contributed by atoms with Crippen LogP contribution in [0.4, 0.5) is 13.2 Å². The first kappa shape index (κ1) is 12.9. The molecule has 0 aromatic carbocycles. The van der Waals surface area contributed by atoms with Crippen molar-refractivity contribution in [1.82, 2.24) is 0 Å². The number of alkyl halides is 3. The molecule has 0 saturated heterocycles. The van der Waals surface area contributed by atoms with E-state index in [1.807, 2.05) is 0 Å². The lowest BCUT2D eigenvalue weighted by atomic mass is 9.49. The third-order valence-electron chi connectivity index (χ3n) is 4.94. The fourth-order valence-corrected chi connectivity index (χ4v) is 4.65. The van der Waals surface area contributed by atoms with Gasteiger partial charge in [0.2, 0.25) is 0 Å². The molecule has 0 unspecified atom stereocenters. The summed E-state index contributed by atoms with van der Waals surface area (Å²) in [5, 5.41) is 10.9. The van der Waals surface area contributed by atoms with Crippen molar-refractivity contribution in [3.63, 3.8) is 0 Å². The Bertz CT molecular complexity index is 406. The van der Waals surface area contributed by atoms with Crippen LogP contribution in [0.2, 0.25) is 0 Å². The predicted octanol–water partition coefficient (Wildman–Crippen LogP) is 2.05. The lowest BCUT2D eigenvalue weighted by Crippen LogP contribution is -2.50. The molecule has 19 heavy (non-hydrogen) atoms. The van der Waals surface area contributed by atoms with Gasteiger partial charge in [-0.15, -0.1) is 0 Å². The van der Waals surface area contributed by atoms with E-state index in [0.717, 1.165) is 19.3 Å². The molecule has 0 heterocycles. The number of nitrogens with zero attached hydrogens (tertiary/aromatic N) is 1. The predicted molar refractivity (Wildman–Crippen MR) is 59.1 cm³/mol. The van der Waals surface area contributed by atoms with Gasteiger partial charge in [0.15, 0.2) is 0 Å². The van der Waals surface area contributed by atoms with Crippen LogP contribution in [0.25, 0.3) is 0 Å². The average molecular weight is 274 g/mol. The largest absolute Gasteiger partial charge is 0.855 e. The maximum absolute atomic E-state index is 12.2. The average Bonchev–Trinajstić information content (AvgIpc) is 2.25. The normalized spacial score (nSPS) is 41.6. The van der Waals surface area contributed by atoms with Gasteiger partial charge in [-0.2, -0.15) is 13.2 Å². The van der Waals surface area contributed by atoms with Crippen LogP contribution < -0.4 is 5.11 Å². The highest BCUT2D eigenvalue weighted by molar-refractivity contribution is 5.95. The smallest absolute Gasteiger partial charge is 0.419 e. The molecule has 4 fully saturated rings. The van der Waals surface area contributed by atoms with Crippen LogP contribution >= 0.6 is 0 Å². The van der Waals surface area contributed by atoms with Gasteiger partial charge in [0, 0.05) is 0 Å². The molecule has 0 radical (unpaired) electrons. The van der Waals surface area contributed by atoms with Crippen LogP contribution in [0.1, 0.15) is 38.5 Å². The summed E-state index contributed by atoms with van der Waals surface area (Å²) in [5.74, 6) is -1.77. The Morgan fingerprint density at radius 3 is 1.84 bits per heavy atom. The first-order chi connectivity index (χ1) is 8.78. The molecule has 4 aliphatic carbocycles. The van der Waals surface area contributed by atoms with Crippen molar-refractivity contribution >= 4 is 11.8 Å². The molecule has 0 N–H and O–H groups in total. The highest BCUT2D eigenvalue weighted by Crippen LogP contribution is 2.60. The zero-order chi connectivity index (χ0) is 13.8. The van der Waals surface area contributed by atoms with Crippen molar-refractivity contribution in [3.05, 3.63) is 0 Å². The second-order valence-corrected chi connectivity index (χ2v) is 6.42. The van der Waals surface area contributed by atoms with Gasteiger partial charge in [0.05, 0.1) is 11.3 Å². The lowest BCUT2D eigenvalue weighted by Gasteiger charge is -2.55. The van der Waals surface area contributed by atoms with Crippen LogP contribution in [0.3, 0.4) is 0 Å². The van der Waals surface area contributed by atoms with Gasteiger partial charge >= 0.3 is 6.18 Å². The van der Waals surface area contributed by atoms with E-state index in [9.17, 15) is 23.1 Å². The van der Waals surface area contributed by atoms with E-state index < -0.39 is 23.4 Å². The van der Waals surface area contributed by atoms with E-state index in [0.29, 0.717) is 37.0 Å². The molecule has 4 saturated carbocycles. The van der Waals surface area contributed by atoms with Gasteiger partial charge in [-0.1, -0.05) is 0 Å². The molecule has 0 atom stereocenters. The fourth-order valence-electron chi connectivity index (χ4n) is 4.65. The monoisotopic (exact) mass is 274 g/mol. The van der Waals surface area contributed by atoms with E-state index in [1.54, 1.807) is 0 Å². The molecule has 0 aromatic rings. The number of carbonyl (C=O) groups is 1. The number of carbonyl (C=O) groups excluding carboxylic acids is 1. The summed E-state index contributed by atoms with van der Waals surface area (Å²) in [5.41, 5.74) is -0.768. The van der Waals surface area contributed by atoms with Gasteiger partial charge in [-0.05, 0) is 56.3 Å². The van der Waals surface area contributed by atoms with E-state index >= 15 is 0 Å². The minimum absolute atomic E-state index is 0.436. The summed E-state index contributed by atoms with van der Waals surface area (Å²) >= 11 is 0. The Kier molecular flexibility index (Phi) is 2.70. The fraction of sp³-hybridized carbons (Fsp3) is 0.846. The van der Waals surface area contributed by atoms with Crippen molar-refractivity contribution in [2.45, 2.75) is 44.7 Å². The Morgan fingerprint density at radius 1 is 1.05 bits per heavy atom. The van der Waals surface area contributed by atoms with Gasteiger partial charge in [0.25, 0.3) is 5.91 Å². The molecule has 106 valence electrons. The van der Waals surface area contributed by atoms with Crippen LogP contribution in [-0.2, 0) is 4.79 Å². The van der Waals surface area contributed by atoms with Gasteiger partial charge in [0.1, 0.15) is 0 Å². The van der Waals surface area contributed by atoms with Gasteiger partial charge in [-0.3, -0.25) is 4.79 Å². The standard InChI is InChI=1S/C13H16F3NO2/c14-13(15,16)11(19)17-10(18)12-4-7-1-8(5-12)3-9(2-7)6-12/h7-9H,1-6H2,(H,17,18,19)/p-1. The zero-order valence-corrected chi connectivity index (χ0v) is 10.4. The maximum Gasteiger partial charge on any atom is 0.419 e. The molecule has 4 bridgehead atoms. The Labute approximate surface area is 108 Å². The van der Waals surface area contributed by atoms with Crippen LogP contribution in [0.15, 0.2) is 4.99 Å². The molecule has 3 nitrogen and oxygen atoms in total. The highest BCUT2D eigenvalue weighted by Gasteiger charge is 2.54. The summed E-state index contributed by atoms with van der Waals surface area (Å²) in [6, 6.07) is 0. The third kappa shape index (κ3) is 2.15. The molecule has 0 spiro atoms. The second kappa shape index (κ2) is 3.96. The number of rotatable bonds is 1. The van der Waals surface area contributed by atoms with Crippen molar-refractivity contribution in [2.75, 3.05) is 0 Å². The van der Waals surface area contributed by atoms with Crippen LogP contribution in [0, 0.1) is 23.2 Å². The van der Waals surface area contributed by atoms with E-state index in [2.05, 4.69) is 4.99 Å². The SMILES string of the molecule is O=C(N=C([O-])C(F)(F)F)C12CC3CC(CC(C3)C1)C2. The summed E-state index contributed by atoms with van der Waals surface area (Å²) < 4.78 is 36.6. The van der Waals surface area contributed by atoms with E-state index in [-0.39, 0.29) is 0 Å². The van der Waals surface area contributed by atoms with Crippen molar-refractivity contribution in [1.29, 1.82) is 0 Å². The Hall–Kier alpha value is -1.07. The molecular weight excluding hydrogens is 259 g/mol. The summed E-state index contributed by atoms with van der Waals surface area (Å²) in [4.78, 5) is 14.9. The number of halogens is 3. The minimum atomic E-state index is -5.04. The maximum atomic E-state index is 12.2. The molecular formula is C13H15F3NO2-. The molecule has 4 aliphatic rings. The van der Waals surface area contributed by atoms with E-state index in [1.165, 1.54) is 0 Å². The quantitative estimate of drug-likeness (QED) is 0.543. The summed E-state index contributed by atoms with van der Waals surface area (Å²) in [6.07, 6.45) is 0.0581. The molecule has 6 heteroatoms. The number of hydrogen-bond acceptors (Lipinski definition) is 2. The second-order valence-electron chi connectivity index (χ2n) is 6.42. The summed E-state index contributed by atoms with van der Waals surface area (Å²) in [7, 11) is 0. The van der Waals surface area contributed by atoms with Gasteiger partial charge < -0.3 is 5.11 Å².